The second-order valence-corrected chi connectivity index (χ2v) is 7.57. The number of amides is 2. The van der Waals surface area contributed by atoms with Gasteiger partial charge in [-0.15, -0.1) is 0 Å². The Balaban J connectivity index is 1.96. The number of hydrogen-bond acceptors (Lipinski definition) is 3. The molecule has 3 aromatic carbocycles. The van der Waals surface area contributed by atoms with Crippen molar-refractivity contribution in [2.45, 2.75) is 19.0 Å². The molecule has 2 amide bonds. The number of nitrogens with one attached hydrogen (secondary N) is 1. The molecule has 0 spiro atoms. The lowest BCUT2D eigenvalue weighted by atomic mass is 10.0. The van der Waals surface area contributed by atoms with Crippen LogP contribution in [0.5, 0.6) is 0 Å². The summed E-state index contributed by atoms with van der Waals surface area (Å²) in [6.07, 6.45) is 0.140. The molecule has 0 saturated carbocycles. The Labute approximate surface area is 187 Å². The Morgan fingerprint density at radius 3 is 2.10 bits per heavy atom. The van der Waals surface area contributed by atoms with E-state index in [1.807, 2.05) is 72.8 Å². The van der Waals surface area contributed by atoms with E-state index in [0.29, 0.717) is 10.6 Å². The third kappa shape index (κ3) is 6.41. The highest BCUT2D eigenvalue weighted by Gasteiger charge is 2.31. The molecule has 2 N–H and O–H groups in total. The van der Waals surface area contributed by atoms with E-state index in [1.54, 1.807) is 17.0 Å². The quantitative estimate of drug-likeness (QED) is 0.536. The van der Waals surface area contributed by atoms with Gasteiger partial charge >= 0.3 is 0 Å². The average molecular weight is 437 g/mol. The normalized spacial score (nSPS) is 11.5. The SMILES string of the molecule is O=C(NCCO)[C@H](c1ccccc1)N(Cc1ccccc1)C(=O)Cc1ccc(Cl)cc1. The molecule has 0 radical (unpaired) electrons. The maximum Gasteiger partial charge on any atom is 0.247 e. The zero-order chi connectivity index (χ0) is 22.1. The van der Waals surface area contributed by atoms with Gasteiger partial charge in [-0.1, -0.05) is 84.4 Å². The van der Waals surface area contributed by atoms with Gasteiger partial charge in [0.15, 0.2) is 0 Å². The summed E-state index contributed by atoms with van der Waals surface area (Å²) in [6, 6.07) is 25.1. The van der Waals surface area contributed by atoms with Gasteiger partial charge < -0.3 is 15.3 Å². The predicted octanol–water partition coefficient (Wildman–Crippen LogP) is 3.76. The van der Waals surface area contributed by atoms with Crippen LogP contribution in [-0.2, 0) is 22.6 Å². The largest absolute Gasteiger partial charge is 0.395 e. The number of halogens is 1. The predicted molar refractivity (Wildman–Crippen MR) is 121 cm³/mol. The van der Waals surface area contributed by atoms with Gasteiger partial charge in [0.2, 0.25) is 11.8 Å². The summed E-state index contributed by atoms with van der Waals surface area (Å²) in [5.74, 6) is -0.514. The lowest BCUT2D eigenvalue weighted by Gasteiger charge is -2.31. The van der Waals surface area contributed by atoms with Crippen molar-refractivity contribution in [2.75, 3.05) is 13.2 Å². The Hall–Kier alpha value is -3.15. The first-order valence-corrected chi connectivity index (χ1v) is 10.5. The lowest BCUT2D eigenvalue weighted by molar-refractivity contribution is -0.141. The molecule has 160 valence electrons. The fourth-order valence-corrected chi connectivity index (χ4v) is 3.49. The van der Waals surface area contributed by atoms with E-state index in [4.69, 9.17) is 16.7 Å². The van der Waals surface area contributed by atoms with Crippen LogP contribution in [0.1, 0.15) is 22.7 Å². The highest BCUT2D eigenvalue weighted by Crippen LogP contribution is 2.25. The van der Waals surface area contributed by atoms with Gasteiger partial charge in [-0.3, -0.25) is 9.59 Å². The van der Waals surface area contributed by atoms with Crippen LogP contribution in [0.4, 0.5) is 0 Å². The Morgan fingerprint density at radius 2 is 1.48 bits per heavy atom. The molecule has 0 unspecified atom stereocenters. The molecule has 0 aliphatic carbocycles. The van der Waals surface area contributed by atoms with E-state index in [0.717, 1.165) is 11.1 Å². The molecule has 0 fully saturated rings. The zero-order valence-electron chi connectivity index (χ0n) is 17.1. The van der Waals surface area contributed by atoms with E-state index in [2.05, 4.69) is 5.32 Å². The Kier molecular flexibility index (Phi) is 8.21. The average Bonchev–Trinajstić information content (AvgIpc) is 2.80. The molecule has 3 rings (SSSR count). The summed E-state index contributed by atoms with van der Waals surface area (Å²) in [7, 11) is 0. The molecule has 5 nitrogen and oxygen atoms in total. The van der Waals surface area contributed by atoms with Gasteiger partial charge in [0.1, 0.15) is 6.04 Å². The summed E-state index contributed by atoms with van der Waals surface area (Å²) in [6.45, 7) is 0.219. The second kappa shape index (κ2) is 11.3. The molecule has 0 saturated heterocycles. The fraction of sp³-hybridized carbons (Fsp3) is 0.200. The molecule has 3 aromatic rings. The van der Waals surface area contributed by atoms with Gasteiger partial charge in [-0.2, -0.15) is 0 Å². The van der Waals surface area contributed by atoms with Crippen LogP contribution in [0.25, 0.3) is 0 Å². The molecule has 0 aliphatic heterocycles. The lowest BCUT2D eigenvalue weighted by Crippen LogP contribution is -2.44. The highest BCUT2D eigenvalue weighted by molar-refractivity contribution is 6.30. The van der Waals surface area contributed by atoms with Crippen LogP contribution in [0.2, 0.25) is 5.02 Å². The molecule has 0 aromatic heterocycles. The van der Waals surface area contributed by atoms with Crippen molar-refractivity contribution in [3.8, 4) is 0 Å². The van der Waals surface area contributed by atoms with Crippen molar-refractivity contribution in [1.29, 1.82) is 0 Å². The van der Waals surface area contributed by atoms with Gasteiger partial charge in [0.25, 0.3) is 0 Å². The van der Waals surface area contributed by atoms with Crippen LogP contribution in [0, 0.1) is 0 Å². The van der Waals surface area contributed by atoms with Gasteiger partial charge in [0, 0.05) is 18.1 Å². The monoisotopic (exact) mass is 436 g/mol. The van der Waals surface area contributed by atoms with Crippen molar-refractivity contribution in [3.63, 3.8) is 0 Å². The number of carbonyl (C=O) groups excluding carboxylic acids is 2. The molecular weight excluding hydrogens is 412 g/mol. The van der Waals surface area contributed by atoms with Crippen LogP contribution in [0.15, 0.2) is 84.9 Å². The minimum absolute atomic E-state index is 0.118. The summed E-state index contributed by atoms with van der Waals surface area (Å²) in [5.41, 5.74) is 2.44. The maximum atomic E-state index is 13.5. The third-order valence-electron chi connectivity index (χ3n) is 4.87. The number of hydrogen-bond donors (Lipinski definition) is 2. The summed E-state index contributed by atoms with van der Waals surface area (Å²) in [4.78, 5) is 28.1. The van der Waals surface area contributed by atoms with E-state index in [9.17, 15) is 9.59 Å². The van der Waals surface area contributed by atoms with Gasteiger partial charge in [-0.25, -0.2) is 0 Å². The van der Waals surface area contributed by atoms with Crippen molar-refractivity contribution in [1.82, 2.24) is 10.2 Å². The maximum absolute atomic E-state index is 13.5. The van der Waals surface area contributed by atoms with Crippen molar-refractivity contribution in [3.05, 3.63) is 107 Å². The number of rotatable bonds is 9. The molecule has 6 heteroatoms. The third-order valence-corrected chi connectivity index (χ3v) is 5.12. The number of benzene rings is 3. The minimum Gasteiger partial charge on any atom is -0.395 e. The topological polar surface area (TPSA) is 69.6 Å². The second-order valence-electron chi connectivity index (χ2n) is 7.14. The smallest absolute Gasteiger partial charge is 0.247 e. The van der Waals surface area contributed by atoms with Crippen LogP contribution in [-0.4, -0.2) is 35.0 Å². The number of carbonyl (C=O) groups is 2. The number of aliphatic hydroxyl groups excluding tert-OH is 1. The van der Waals surface area contributed by atoms with E-state index in [1.165, 1.54) is 0 Å². The van der Waals surface area contributed by atoms with Crippen molar-refractivity contribution < 1.29 is 14.7 Å². The van der Waals surface area contributed by atoms with E-state index < -0.39 is 6.04 Å². The fourth-order valence-electron chi connectivity index (χ4n) is 3.37. The Morgan fingerprint density at radius 1 is 0.871 bits per heavy atom. The van der Waals surface area contributed by atoms with Crippen LogP contribution in [0.3, 0.4) is 0 Å². The first kappa shape index (κ1) is 22.5. The highest BCUT2D eigenvalue weighted by atomic mass is 35.5. The minimum atomic E-state index is -0.826. The van der Waals surface area contributed by atoms with Gasteiger partial charge in [0.05, 0.1) is 13.0 Å². The van der Waals surface area contributed by atoms with Gasteiger partial charge in [-0.05, 0) is 28.8 Å². The summed E-state index contributed by atoms with van der Waals surface area (Å²) in [5, 5.41) is 12.5. The molecule has 0 aliphatic rings. The zero-order valence-corrected chi connectivity index (χ0v) is 17.8. The molecule has 1 atom stereocenters. The van der Waals surface area contributed by atoms with Crippen LogP contribution < -0.4 is 5.32 Å². The molecular formula is C25H25ClN2O3. The van der Waals surface area contributed by atoms with Crippen LogP contribution >= 0.6 is 11.6 Å². The number of aliphatic hydroxyl groups is 1. The Bertz CT molecular complexity index is 979. The standard InChI is InChI=1S/C25H25ClN2O3/c26-22-13-11-19(12-14-22)17-23(30)28(18-20-7-3-1-4-8-20)24(25(31)27-15-16-29)21-9-5-2-6-10-21/h1-14,24,29H,15-18H2,(H,27,31)/t24-/m0/s1. The van der Waals surface area contributed by atoms with Crippen molar-refractivity contribution >= 4 is 23.4 Å². The molecule has 0 heterocycles. The first-order chi connectivity index (χ1) is 15.1. The van der Waals surface area contributed by atoms with E-state index in [-0.39, 0.29) is 37.9 Å². The molecule has 31 heavy (non-hydrogen) atoms. The number of nitrogens with zero attached hydrogens (tertiary/aromatic N) is 1. The summed E-state index contributed by atoms with van der Waals surface area (Å²) >= 11 is 5.97. The van der Waals surface area contributed by atoms with Crippen molar-refractivity contribution in [2.24, 2.45) is 0 Å². The van der Waals surface area contributed by atoms with E-state index >= 15 is 0 Å². The molecule has 0 bridgehead atoms. The first-order valence-electron chi connectivity index (χ1n) is 10.1. The summed E-state index contributed by atoms with van der Waals surface area (Å²) < 4.78 is 0.